The van der Waals surface area contributed by atoms with Gasteiger partial charge in [-0.3, -0.25) is 14.2 Å². The van der Waals surface area contributed by atoms with Crippen molar-refractivity contribution in [1.82, 2.24) is 14.5 Å². The quantitative estimate of drug-likeness (QED) is 0.652. The predicted molar refractivity (Wildman–Crippen MR) is 100 cm³/mol. The highest BCUT2D eigenvalue weighted by atomic mass is 19.3. The standard InChI is InChI=1S/C20H19F2N3O3/c1-13-4-3-5-16-18(13)23-12-25(19(16)27)11-17(26)24(2)10-14-6-8-15(9-7-14)28-20(21)22/h3-9,12,20H,10-11H2,1-2H3. The van der Waals surface area contributed by atoms with E-state index < -0.39 is 6.61 Å². The lowest BCUT2D eigenvalue weighted by Gasteiger charge is -2.18. The largest absolute Gasteiger partial charge is 0.435 e. The fourth-order valence-corrected chi connectivity index (χ4v) is 2.85. The zero-order chi connectivity index (χ0) is 20.3. The Morgan fingerprint density at radius 2 is 1.93 bits per heavy atom. The van der Waals surface area contributed by atoms with Gasteiger partial charge in [0.15, 0.2) is 0 Å². The van der Waals surface area contributed by atoms with E-state index in [1.807, 2.05) is 13.0 Å². The van der Waals surface area contributed by atoms with Crippen LogP contribution in [0.5, 0.6) is 5.75 Å². The fourth-order valence-electron chi connectivity index (χ4n) is 2.85. The summed E-state index contributed by atoms with van der Waals surface area (Å²) in [6, 6.07) is 11.4. The van der Waals surface area contributed by atoms with Crippen LogP contribution < -0.4 is 10.3 Å². The lowest BCUT2D eigenvalue weighted by molar-refractivity contribution is -0.131. The van der Waals surface area contributed by atoms with Crippen LogP contribution in [0.4, 0.5) is 8.78 Å². The van der Waals surface area contributed by atoms with E-state index in [1.165, 1.54) is 27.9 Å². The number of ether oxygens (including phenoxy) is 1. The molecule has 3 rings (SSSR count). The van der Waals surface area contributed by atoms with Crippen LogP contribution in [0, 0.1) is 6.92 Å². The van der Waals surface area contributed by atoms with Crippen LogP contribution in [-0.4, -0.2) is 34.0 Å². The van der Waals surface area contributed by atoms with Crippen molar-refractivity contribution in [3.63, 3.8) is 0 Å². The average Bonchev–Trinajstić information content (AvgIpc) is 2.65. The Kier molecular flexibility index (Phi) is 5.67. The Hall–Kier alpha value is -3.29. The zero-order valence-corrected chi connectivity index (χ0v) is 15.4. The van der Waals surface area contributed by atoms with Crippen LogP contribution in [0.2, 0.25) is 0 Å². The van der Waals surface area contributed by atoms with Crippen LogP contribution >= 0.6 is 0 Å². The second-order valence-electron chi connectivity index (χ2n) is 6.42. The Labute approximate surface area is 160 Å². The number of aryl methyl sites for hydroxylation is 1. The van der Waals surface area contributed by atoms with Crippen LogP contribution in [0.25, 0.3) is 10.9 Å². The monoisotopic (exact) mass is 387 g/mol. The number of carbonyl (C=O) groups excluding carboxylic acids is 1. The number of nitrogens with zero attached hydrogens (tertiary/aromatic N) is 3. The topological polar surface area (TPSA) is 64.4 Å². The molecule has 0 atom stereocenters. The average molecular weight is 387 g/mol. The summed E-state index contributed by atoms with van der Waals surface area (Å²) in [4.78, 5) is 30.8. The first-order valence-electron chi connectivity index (χ1n) is 8.57. The summed E-state index contributed by atoms with van der Waals surface area (Å²) in [6.45, 7) is -0.885. The maximum absolute atomic E-state index is 12.6. The number of fused-ring (bicyclic) bond motifs is 1. The number of amides is 1. The Bertz CT molecular complexity index is 1050. The Balaban J connectivity index is 1.70. The van der Waals surface area contributed by atoms with Gasteiger partial charge in [0.05, 0.1) is 17.2 Å². The van der Waals surface area contributed by atoms with Crippen molar-refractivity contribution < 1.29 is 18.3 Å². The summed E-state index contributed by atoms with van der Waals surface area (Å²) >= 11 is 0. The maximum atomic E-state index is 12.6. The molecule has 146 valence electrons. The molecule has 0 bridgehead atoms. The van der Waals surface area contributed by atoms with E-state index in [0.29, 0.717) is 10.9 Å². The van der Waals surface area contributed by atoms with Crippen molar-refractivity contribution in [2.45, 2.75) is 26.6 Å². The van der Waals surface area contributed by atoms with Crippen LogP contribution in [-0.2, 0) is 17.9 Å². The van der Waals surface area contributed by atoms with Gasteiger partial charge in [-0.2, -0.15) is 8.78 Å². The molecule has 8 heteroatoms. The molecule has 0 aliphatic carbocycles. The van der Waals surface area contributed by atoms with Crippen LogP contribution in [0.3, 0.4) is 0 Å². The lowest BCUT2D eigenvalue weighted by Crippen LogP contribution is -2.33. The number of carbonyl (C=O) groups is 1. The van der Waals surface area contributed by atoms with Gasteiger partial charge in [0, 0.05) is 13.6 Å². The molecule has 0 saturated carbocycles. The predicted octanol–water partition coefficient (Wildman–Crippen LogP) is 2.96. The van der Waals surface area contributed by atoms with Crippen molar-refractivity contribution in [2.24, 2.45) is 0 Å². The second-order valence-corrected chi connectivity index (χ2v) is 6.42. The van der Waals surface area contributed by atoms with Crippen LogP contribution in [0.15, 0.2) is 53.6 Å². The van der Waals surface area contributed by atoms with Gasteiger partial charge >= 0.3 is 6.61 Å². The molecule has 0 aliphatic rings. The summed E-state index contributed by atoms with van der Waals surface area (Å²) in [7, 11) is 1.61. The Morgan fingerprint density at radius 3 is 2.61 bits per heavy atom. The summed E-state index contributed by atoms with van der Waals surface area (Å²) in [5.74, 6) is -0.222. The highest BCUT2D eigenvalue weighted by Crippen LogP contribution is 2.16. The van der Waals surface area contributed by atoms with E-state index in [0.717, 1.165) is 11.1 Å². The van der Waals surface area contributed by atoms with Gasteiger partial charge in [-0.25, -0.2) is 4.98 Å². The number of alkyl halides is 2. The van der Waals surface area contributed by atoms with Gasteiger partial charge in [-0.05, 0) is 36.2 Å². The van der Waals surface area contributed by atoms with Crippen molar-refractivity contribution >= 4 is 16.8 Å². The molecule has 0 saturated heterocycles. The highest BCUT2D eigenvalue weighted by Gasteiger charge is 2.13. The molecule has 1 heterocycles. The summed E-state index contributed by atoms with van der Waals surface area (Å²) in [5, 5.41) is 0.465. The Morgan fingerprint density at radius 1 is 1.21 bits per heavy atom. The molecule has 0 fully saturated rings. The van der Waals surface area contributed by atoms with Crippen LogP contribution in [0.1, 0.15) is 11.1 Å². The van der Waals surface area contributed by atoms with E-state index in [4.69, 9.17) is 0 Å². The number of para-hydroxylation sites is 1. The molecule has 1 aromatic heterocycles. The van der Waals surface area contributed by atoms with E-state index in [1.54, 1.807) is 31.3 Å². The van der Waals surface area contributed by atoms with Gasteiger partial charge in [0.1, 0.15) is 12.3 Å². The van der Waals surface area contributed by atoms with Gasteiger partial charge in [-0.15, -0.1) is 0 Å². The lowest BCUT2D eigenvalue weighted by atomic mass is 10.1. The molecule has 0 aliphatic heterocycles. The molecule has 6 nitrogen and oxygen atoms in total. The van der Waals surface area contributed by atoms with Crippen molar-refractivity contribution in [1.29, 1.82) is 0 Å². The van der Waals surface area contributed by atoms with E-state index in [9.17, 15) is 18.4 Å². The second kappa shape index (κ2) is 8.16. The first-order chi connectivity index (χ1) is 13.3. The molecule has 0 unspecified atom stereocenters. The summed E-state index contributed by atoms with van der Waals surface area (Å²) in [6.07, 6.45) is 1.37. The molecular weight excluding hydrogens is 368 g/mol. The van der Waals surface area contributed by atoms with Gasteiger partial charge < -0.3 is 9.64 Å². The van der Waals surface area contributed by atoms with E-state index >= 15 is 0 Å². The molecule has 28 heavy (non-hydrogen) atoms. The molecular formula is C20H19F2N3O3. The smallest absolute Gasteiger partial charge is 0.387 e. The molecule has 3 aromatic rings. The summed E-state index contributed by atoms with van der Waals surface area (Å²) in [5.41, 5.74) is 1.99. The number of aromatic nitrogens is 2. The van der Waals surface area contributed by atoms with Gasteiger partial charge in [0.2, 0.25) is 5.91 Å². The minimum Gasteiger partial charge on any atom is -0.435 e. The third kappa shape index (κ3) is 4.33. The third-order valence-corrected chi connectivity index (χ3v) is 4.35. The summed E-state index contributed by atoms with van der Waals surface area (Å²) < 4.78 is 30.0. The maximum Gasteiger partial charge on any atom is 0.387 e. The SMILES string of the molecule is Cc1cccc2c(=O)n(CC(=O)N(C)Cc3ccc(OC(F)F)cc3)cnc12. The minimum absolute atomic E-state index is 0.0526. The molecule has 1 amide bonds. The van der Waals surface area contributed by atoms with E-state index in [2.05, 4.69) is 9.72 Å². The number of hydrogen-bond acceptors (Lipinski definition) is 4. The minimum atomic E-state index is -2.88. The molecule has 0 radical (unpaired) electrons. The number of rotatable bonds is 6. The first-order valence-corrected chi connectivity index (χ1v) is 8.57. The van der Waals surface area contributed by atoms with Crippen molar-refractivity contribution in [2.75, 3.05) is 7.05 Å². The number of hydrogen-bond donors (Lipinski definition) is 0. The molecule has 0 spiro atoms. The molecule has 0 N–H and O–H groups in total. The number of halogens is 2. The van der Waals surface area contributed by atoms with E-state index in [-0.39, 0.29) is 30.3 Å². The van der Waals surface area contributed by atoms with Gasteiger partial charge in [-0.1, -0.05) is 24.3 Å². The van der Waals surface area contributed by atoms with Crippen molar-refractivity contribution in [3.8, 4) is 5.75 Å². The zero-order valence-electron chi connectivity index (χ0n) is 15.4. The highest BCUT2D eigenvalue weighted by molar-refractivity contribution is 5.81. The first kappa shape index (κ1) is 19.5. The molecule has 2 aromatic carbocycles. The van der Waals surface area contributed by atoms with Crippen molar-refractivity contribution in [3.05, 3.63) is 70.3 Å². The number of benzene rings is 2. The van der Waals surface area contributed by atoms with Gasteiger partial charge in [0.25, 0.3) is 5.56 Å². The normalized spacial score (nSPS) is 11.0. The third-order valence-electron chi connectivity index (χ3n) is 4.35. The fraction of sp³-hybridized carbons (Fsp3) is 0.250. The number of likely N-dealkylation sites (N-methyl/N-ethyl adjacent to an activating group) is 1.